The molecule has 9 rings (SSSR count). The van der Waals surface area contributed by atoms with E-state index >= 15 is 0 Å². The predicted molar refractivity (Wildman–Crippen MR) is 246 cm³/mol. The third kappa shape index (κ3) is 27.3. The maximum atomic E-state index is 9.87. The van der Waals surface area contributed by atoms with Crippen molar-refractivity contribution in [1.82, 2.24) is 39.5 Å². The number of benzene rings is 1. The molecule has 0 unspecified atom stereocenters. The summed E-state index contributed by atoms with van der Waals surface area (Å²) in [6.45, 7) is 0. The normalized spacial score (nSPS) is 14.0. The zero-order valence-corrected chi connectivity index (χ0v) is 41.4. The van der Waals surface area contributed by atoms with Gasteiger partial charge in [-0.15, -0.1) is 4.98 Å². The second-order valence-corrected chi connectivity index (χ2v) is 20.5. The van der Waals surface area contributed by atoms with Crippen molar-refractivity contribution in [1.29, 1.82) is 0 Å². The van der Waals surface area contributed by atoms with Crippen LogP contribution in [0.5, 0.6) is 0 Å². The van der Waals surface area contributed by atoms with E-state index in [1.165, 1.54) is 0 Å². The van der Waals surface area contributed by atoms with Gasteiger partial charge in [0.25, 0.3) is 5.82 Å². The van der Waals surface area contributed by atoms with E-state index in [4.69, 9.17) is 4.98 Å². The number of hydrogen-bond donors (Lipinski definition) is 0. The molecule has 402 valence electrons. The van der Waals surface area contributed by atoms with Gasteiger partial charge < -0.3 is 0 Å². The zero-order chi connectivity index (χ0) is 54.9. The molecule has 0 saturated heterocycles. The van der Waals surface area contributed by atoms with Gasteiger partial charge in [-0.3, -0.25) is 19.9 Å². The summed E-state index contributed by atoms with van der Waals surface area (Å²) < 4.78 is 182. The Morgan fingerprint density at radius 3 is 0.987 bits per heavy atom. The predicted octanol–water partition coefficient (Wildman–Crippen LogP) is 18.7. The molecule has 9 nitrogen and oxygen atoms in total. The molecule has 8 aromatic heterocycles. The molecule has 9 aromatic rings. The standard InChI is InChI=1S/C29H21N6.C15H11N3.3F6P.Ru/c1-4-14-30-25(7-1)27-19-23(20-28(33-27)26-8-2-5-15-31-26)22-10-12-24(13-11-22)34-17-18-35(21-34)29-9-3-6-16-32-29;1-3-10-16-12(6-1)14-8-5-9-15(18-14)13-7-2-4-11-17-13;3*1-7(2,3,4,5)6;/h1-21H;1-11H;;;;/q+1;;3*-1;+2. The van der Waals surface area contributed by atoms with Crippen molar-refractivity contribution < 1.29 is 99.6 Å². The number of imidazole rings is 1. The van der Waals surface area contributed by atoms with E-state index < -0.39 is 23.4 Å². The molecule has 0 radical (unpaired) electrons. The van der Waals surface area contributed by atoms with E-state index in [0.29, 0.717) is 0 Å². The monoisotopic (exact) mass is 1220 g/mol. The number of halogens is 18. The first-order valence-corrected chi connectivity index (χ1v) is 26.2. The molecule has 0 aliphatic heterocycles. The summed E-state index contributed by atoms with van der Waals surface area (Å²) in [6, 6.07) is 47.7. The van der Waals surface area contributed by atoms with Crippen LogP contribution in [0.15, 0.2) is 195 Å². The van der Waals surface area contributed by atoms with Crippen molar-refractivity contribution in [3.63, 3.8) is 0 Å². The number of pyridine rings is 7. The molecular weight excluding hydrogens is 1190 g/mol. The maximum Gasteiger partial charge on any atom is 2.00 e. The van der Waals surface area contributed by atoms with Crippen molar-refractivity contribution in [2.24, 2.45) is 0 Å². The second kappa shape index (κ2) is 20.7. The Balaban J connectivity index is 0.000000252. The molecule has 0 amide bonds. The Hall–Kier alpha value is -6.87. The first kappa shape index (κ1) is 60.7. The number of nitrogens with zero attached hydrogens (tertiary/aromatic N) is 9. The summed E-state index contributed by atoms with van der Waals surface area (Å²) in [4.78, 5) is 31.5. The molecule has 1 aromatic carbocycles. The largest absolute Gasteiger partial charge is 2.00 e. The molecular formula is C44H32F18N9P3Ru. The average Bonchev–Trinajstić information content (AvgIpc) is 3.81. The molecule has 0 spiro atoms. The number of hydrogen-bond acceptors (Lipinski definition) is 7. The zero-order valence-electron chi connectivity index (χ0n) is 37.0. The molecule has 0 bridgehead atoms. The minimum absolute atomic E-state index is 0. The summed E-state index contributed by atoms with van der Waals surface area (Å²) in [6.07, 6.45) is 14.9. The molecule has 75 heavy (non-hydrogen) atoms. The Bertz CT molecular complexity index is 3070. The van der Waals surface area contributed by atoms with Crippen molar-refractivity contribution in [2.45, 2.75) is 0 Å². The van der Waals surface area contributed by atoms with Crippen molar-refractivity contribution in [3.05, 3.63) is 195 Å². The SMILES string of the molecule is F[P-](F)(F)(F)(F)F.F[P-](F)(F)(F)(F)F.F[P-](F)(F)(F)(F)F.[Ru+2].c1ccc(-c2cc(-c3ccc(-n4cc[n+](-c5ccccn5)c4)cc3)cc(-c3ccccn3)n2)nc1.c1ccc(-c2cccc(-c3ccccn3)n2)nc1. The van der Waals surface area contributed by atoms with E-state index in [2.05, 4.69) is 70.9 Å². The van der Waals surface area contributed by atoms with Gasteiger partial charge in [0.05, 0.1) is 51.7 Å². The summed E-state index contributed by atoms with van der Waals surface area (Å²) in [5.41, 5.74) is 9.96. The molecule has 8 heterocycles. The molecule has 0 saturated carbocycles. The Morgan fingerprint density at radius 1 is 0.333 bits per heavy atom. The van der Waals surface area contributed by atoms with Gasteiger partial charge in [-0.05, 0) is 102 Å². The van der Waals surface area contributed by atoms with Crippen LogP contribution in [0, 0.1) is 0 Å². The summed E-state index contributed by atoms with van der Waals surface area (Å²) >= 11 is 0. The van der Waals surface area contributed by atoms with E-state index in [0.717, 1.165) is 68.2 Å². The Kier molecular flexibility index (Phi) is 16.7. The van der Waals surface area contributed by atoms with Crippen LogP contribution in [0.4, 0.5) is 75.5 Å². The van der Waals surface area contributed by atoms with E-state index in [-0.39, 0.29) is 19.5 Å². The summed E-state index contributed by atoms with van der Waals surface area (Å²) in [5, 5.41) is 0. The smallest absolute Gasteiger partial charge is 0.255 e. The van der Waals surface area contributed by atoms with Crippen molar-refractivity contribution in [2.75, 3.05) is 0 Å². The van der Waals surface area contributed by atoms with E-state index in [1.807, 2.05) is 132 Å². The van der Waals surface area contributed by atoms with Gasteiger partial charge in [0.15, 0.2) is 6.33 Å². The first-order chi connectivity index (χ1) is 33.6. The summed E-state index contributed by atoms with van der Waals surface area (Å²) in [5.74, 6) is 0.878. The fourth-order valence-electron chi connectivity index (χ4n) is 5.71. The van der Waals surface area contributed by atoms with Crippen LogP contribution in [0.25, 0.3) is 68.2 Å². The van der Waals surface area contributed by atoms with Gasteiger partial charge in [0, 0.05) is 30.9 Å². The van der Waals surface area contributed by atoms with Crippen LogP contribution in [-0.2, 0) is 19.5 Å². The van der Waals surface area contributed by atoms with E-state index in [9.17, 15) is 75.5 Å². The maximum absolute atomic E-state index is 10.7. The van der Waals surface area contributed by atoms with Gasteiger partial charge in [-0.1, -0.05) is 48.5 Å². The van der Waals surface area contributed by atoms with Gasteiger partial charge in [0.1, 0.15) is 18.1 Å². The molecule has 0 N–H and O–H groups in total. The fourth-order valence-corrected chi connectivity index (χ4v) is 5.71. The third-order valence-corrected chi connectivity index (χ3v) is 8.33. The Labute approximate surface area is 424 Å². The number of rotatable bonds is 7. The average molecular weight is 1220 g/mol. The van der Waals surface area contributed by atoms with Crippen molar-refractivity contribution >= 4 is 23.4 Å². The van der Waals surface area contributed by atoms with Crippen LogP contribution in [0.3, 0.4) is 0 Å². The van der Waals surface area contributed by atoms with Crippen LogP contribution < -0.4 is 4.57 Å². The third-order valence-electron chi connectivity index (χ3n) is 8.33. The van der Waals surface area contributed by atoms with Gasteiger partial charge in [-0.25, -0.2) is 19.1 Å². The minimum atomic E-state index is -10.7. The number of aromatic nitrogens is 9. The van der Waals surface area contributed by atoms with Gasteiger partial charge in [-0.2, -0.15) is 0 Å². The quantitative estimate of drug-likeness (QED) is 0.0678. The molecule has 0 fully saturated rings. The molecule has 31 heteroatoms. The topological polar surface area (TPSA) is 99.0 Å². The van der Waals surface area contributed by atoms with Gasteiger partial charge in [0.2, 0.25) is 0 Å². The molecule has 0 atom stereocenters. The van der Waals surface area contributed by atoms with Crippen LogP contribution >= 0.6 is 23.4 Å². The van der Waals surface area contributed by atoms with E-state index in [1.54, 1.807) is 31.0 Å². The molecule has 0 aliphatic rings. The van der Waals surface area contributed by atoms with Gasteiger partial charge >= 0.3 is 118 Å². The summed E-state index contributed by atoms with van der Waals surface area (Å²) in [7, 11) is -32.0. The molecule has 0 aliphatic carbocycles. The Morgan fingerprint density at radius 2 is 0.653 bits per heavy atom. The van der Waals surface area contributed by atoms with Crippen LogP contribution in [0.1, 0.15) is 0 Å². The van der Waals surface area contributed by atoms with Crippen LogP contribution in [-0.4, -0.2) is 39.5 Å². The minimum Gasteiger partial charge on any atom is -0.255 e. The second-order valence-electron chi connectivity index (χ2n) is 14.7. The fraction of sp³-hybridized carbons (Fsp3) is 0. The van der Waals surface area contributed by atoms with Crippen molar-refractivity contribution in [3.8, 4) is 68.2 Å². The van der Waals surface area contributed by atoms with Crippen LogP contribution in [0.2, 0.25) is 0 Å². The first-order valence-electron chi connectivity index (χ1n) is 20.1.